The molecule has 0 spiro atoms. The summed E-state index contributed by atoms with van der Waals surface area (Å²) in [5.41, 5.74) is 8.46. The molecule has 22 heavy (non-hydrogen) atoms. The third-order valence-electron chi connectivity index (χ3n) is 4.92. The van der Waals surface area contributed by atoms with Gasteiger partial charge in [0.25, 0.3) is 0 Å². The summed E-state index contributed by atoms with van der Waals surface area (Å²) in [5.74, 6) is 1.68. The summed E-state index contributed by atoms with van der Waals surface area (Å²) >= 11 is 0. The molecule has 5 heteroatoms. The Balaban J connectivity index is 1.79. The minimum atomic E-state index is 0.00157. The predicted octanol–water partition coefficient (Wildman–Crippen LogP) is 1.72. The van der Waals surface area contributed by atoms with Crippen molar-refractivity contribution >= 4 is 5.91 Å². The molecule has 1 aliphatic carbocycles. The lowest BCUT2D eigenvalue weighted by atomic mass is 9.96. The predicted molar refractivity (Wildman–Crippen MR) is 84.0 cm³/mol. The van der Waals surface area contributed by atoms with Crippen LogP contribution in [0.15, 0.2) is 12.1 Å². The standard InChI is InChI=1S/C17H24N2O3/c1-21-15-8-11-6-7-19(10-12(11)9-16(15)22-2)17(20)13-4-3-5-14(13)18/h8-9,13-14H,3-7,10,18H2,1-2H3. The van der Waals surface area contributed by atoms with Gasteiger partial charge in [-0.1, -0.05) is 6.42 Å². The molecule has 1 aromatic rings. The molecule has 120 valence electrons. The Morgan fingerprint density at radius 1 is 1.18 bits per heavy atom. The van der Waals surface area contributed by atoms with Crippen LogP contribution in [0, 0.1) is 5.92 Å². The monoisotopic (exact) mass is 304 g/mol. The van der Waals surface area contributed by atoms with Crippen LogP contribution < -0.4 is 15.2 Å². The average molecular weight is 304 g/mol. The molecule has 0 saturated heterocycles. The first-order chi connectivity index (χ1) is 10.6. The molecule has 2 unspecified atom stereocenters. The van der Waals surface area contributed by atoms with E-state index < -0.39 is 0 Å². The number of hydrogen-bond donors (Lipinski definition) is 1. The van der Waals surface area contributed by atoms with Crippen molar-refractivity contribution in [2.75, 3.05) is 20.8 Å². The first-order valence-electron chi connectivity index (χ1n) is 7.92. The molecule has 5 nitrogen and oxygen atoms in total. The van der Waals surface area contributed by atoms with Crippen LogP contribution in [0.25, 0.3) is 0 Å². The highest BCUT2D eigenvalue weighted by Gasteiger charge is 2.34. The zero-order valence-corrected chi connectivity index (χ0v) is 13.3. The molecule has 1 saturated carbocycles. The van der Waals surface area contributed by atoms with Crippen LogP contribution >= 0.6 is 0 Å². The van der Waals surface area contributed by atoms with E-state index >= 15 is 0 Å². The van der Waals surface area contributed by atoms with Crippen LogP contribution in [0.1, 0.15) is 30.4 Å². The van der Waals surface area contributed by atoms with Crippen molar-refractivity contribution in [2.45, 2.75) is 38.3 Å². The second kappa shape index (κ2) is 6.16. The molecular weight excluding hydrogens is 280 g/mol. The molecule has 2 atom stereocenters. The van der Waals surface area contributed by atoms with Gasteiger partial charge in [0.05, 0.1) is 20.1 Å². The molecule has 1 aliphatic heterocycles. The van der Waals surface area contributed by atoms with Gasteiger partial charge in [-0.2, -0.15) is 0 Å². The van der Waals surface area contributed by atoms with Crippen molar-refractivity contribution in [1.82, 2.24) is 4.90 Å². The second-order valence-corrected chi connectivity index (χ2v) is 6.19. The van der Waals surface area contributed by atoms with Gasteiger partial charge in [-0.15, -0.1) is 0 Å². The van der Waals surface area contributed by atoms with Crippen LogP contribution in [0.4, 0.5) is 0 Å². The average Bonchev–Trinajstić information content (AvgIpc) is 2.98. The molecule has 2 N–H and O–H groups in total. The van der Waals surface area contributed by atoms with Gasteiger partial charge in [-0.3, -0.25) is 4.79 Å². The molecule has 1 heterocycles. The van der Waals surface area contributed by atoms with Crippen molar-refractivity contribution < 1.29 is 14.3 Å². The molecule has 1 amide bonds. The maximum atomic E-state index is 12.7. The number of nitrogens with two attached hydrogens (primary N) is 1. The Morgan fingerprint density at radius 2 is 1.86 bits per heavy atom. The fourth-order valence-corrected chi connectivity index (χ4v) is 3.60. The largest absolute Gasteiger partial charge is 0.493 e. The number of fused-ring (bicyclic) bond motifs is 1. The highest BCUT2D eigenvalue weighted by molar-refractivity contribution is 5.80. The van der Waals surface area contributed by atoms with Gasteiger partial charge in [0.1, 0.15) is 0 Å². The number of carbonyl (C=O) groups excluding carboxylic acids is 1. The maximum absolute atomic E-state index is 12.7. The number of benzene rings is 1. The van der Waals surface area contributed by atoms with Crippen molar-refractivity contribution in [3.63, 3.8) is 0 Å². The minimum Gasteiger partial charge on any atom is -0.493 e. The first-order valence-corrected chi connectivity index (χ1v) is 7.92. The lowest BCUT2D eigenvalue weighted by molar-refractivity contribution is -0.136. The zero-order valence-electron chi connectivity index (χ0n) is 13.3. The third-order valence-corrected chi connectivity index (χ3v) is 4.92. The number of nitrogens with zero attached hydrogens (tertiary/aromatic N) is 1. The van der Waals surface area contributed by atoms with Crippen molar-refractivity contribution in [1.29, 1.82) is 0 Å². The summed E-state index contributed by atoms with van der Waals surface area (Å²) in [6, 6.07) is 4.04. The van der Waals surface area contributed by atoms with E-state index in [0.29, 0.717) is 12.3 Å². The molecule has 3 rings (SSSR count). The summed E-state index contributed by atoms with van der Waals surface area (Å²) < 4.78 is 10.7. The van der Waals surface area contributed by atoms with E-state index in [4.69, 9.17) is 15.2 Å². The minimum absolute atomic E-state index is 0.00157. The summed E-state index contributed by atoms with van der Waals surface area (Å²) in [4.78, 5) is 14.6. The summed E-state index contributed by atoms with van der Waals surface area (Å²) in [6.07, 6.45) is 3.80. The van der Waals surface area contributed by atoms with Gasteiger partial charge in [0.2, 0.25) is 5.91 Å². The SMILES string of the molecule is COc1cc2c(cc1OC)CN(C(=O)C1CCCC1N)CC2. The van der Waals surface area contributed by atoms with E-state index in [2.05, 4.69) is 0 Å². The van der Waals surface area contributed by atoms with E-state index in [1.54, 1.807) is 14.2 Å². The van der Waals surface area contributed by atoms with Crippen LogP contribution in [-0.2, 0) is 17.8 Å². The van der Waals surface area contributed by atoms with Crippen molar-refractivity contribution in [3.05, 3.63) is 23.3 Å². The van der Waals surface area contributed by atoms with Gasteiger partial charge in [-0.05, 0) is 42.5 Å². The number of rotatable bonds is 3. The molecule has 0 aromatic heterocycles. The second-order valence-electron chi connectivity index (χ2n) is 6.19. The number of carbonyl (C=O) groups is 1. The number of hydrogen-bond acceptors (Lipinski definition) is 4. The topological polar surface area (TPSA) is 64.8 Å². The molecule has 1 aromatic carbocycles. The third kappa shape index (κ3) is 2.65. The van der Waals surface area contributed by atoms with Gasteiger partial charge >= 0.3 is 0 Å². The van der Waals surface area contributed by atoms with Gasteiger partial charge in [-0.25, -0.2) is 0 Å². The Labute approximate surface area is 131 Å². The molecule has 0 radical (unpaired) electrons. The molecule has 0 bridgehead atoms. The Morgan fingerprint density at radius 3 is 2.45 bits per heavy atom. The van der Waals surface area contributed by atoms with Gasteiger partial charge in [0.15, 0.2) is 11.5 Å². The Bertz CT molecular complexity index is 573. The maximum Gasteiger partial charge on any atom is 0.227 e. The Hall–Kier alpha value is -1.75. The van der Waals surface area contributed by atoms with E-state index in [0.717, 1.165) is 43.5 Å². The van der Waals surface area contributed by atoms with Crippen LogP contribution in [0.5, 0.6) is 11.5 Å². The number of methoxy groups -OCH3 is 2. The van der Waals surface area contributed by atoms with Gasteiger partial charge < -0.3 is 20.1 Å². The van der Waals surface area contributed by atoms with Crippen LogP contribution in [0.2, 0.25) is 0 Å². The number of amides is 1. The summed E-state index contributed by atoms with van der Waals surface area (Å²) in [6.45, 7) is 1.39. The summed E-state index contributed by atoms with van der Waals surface area (Å²) in [7, 11) is 3.28. The zero-order chi connectivity index (χ0) is 15.7. The van der Waals surface area contributed by atoms with E-state index in [9.17, 15) is 4.79 Å². The van der Waals surface area contributed by atoms with Crippen LogP contribution in [-0.4, -0.2) is 37.6 Å². The lowest BCUT2D eigenvalue weighted by Crippen LogP contribution is -2.43. The highest BCUT2D eigenvalue weighted by atomic mass is 16.5. The van der Waals surface area contributed by atoms with Gasteiger partial charge in [0, 0.05) is 19.1 Å². The van der Waals surface area contributed by atoms with Crippen molar-refractivity contribution in [2.24, 2.45) is 11.7 Å². The quantitative estimate of drug-likeness (QED) is 0.923. The molecule has 2 aliphatic rings. The highest BCUT2D eigenvalue weighted by Crippen LogP contribution is 2.34. The number of ether oxygens (including phenoxy) is 2. The first kappa shape index (κ1) is 15.2. The Kier molecular flexibility index (Phi) is 4.25. The smallest absolute Gasteiger partial charge is 0.227 e. The molecular formula is C17H24N2O3. The van der Waals surface area contributed by atoms with Crippen molar-refractivity contribution in [3.8, 4) is 11.5 Å². The fourth-order valence-electron chi connectivity index (χ4n) is 3.60. The van der Waals surface area contributed by atoms with E-state index in [1.165, 1.54) is 5.56 Å². The normalized spacial score (nSPS) is 24.0. The van der Waals surface area contributed by atoms with E-state index in [-0.39, 0.29) is 17.9 Å². The lowest BCUT2D eigenvalue weighted by Gasteiger charge is -2.32. The summed E-state index contributed by atoms with van der Waals surface area (Å²) in [5, 5.41) is 0. The molecule has 1 fully saturated rings. The van der Waals surface area contributed by atoms with E-state index in [1.807, 2.05) is 17.0 Å². The fraction of sp³-hybridized carbons (Fsp3) is 0.588. The van der Waals surface area contributed by atoms with Crippen LogP contribution in [0.3, 0.4) is 0 Å².